The van der Waals surface area contributed by atoms with Crippen LogP contribution >= 0.6 is 0 Å². The van der Waals surface area contributed by atoms with Crippen LogP contribution in [-0.4, -0.2) is 47.5 Å². The summed E-state index contributed by atoms with van der Waals surface area (Å²) in [4.78, 5) is 41.2. The molecular formula is C30H49N3O4. The number of hydrogen-bond acceptors (Lipinski definition) is 4. The summed E-state index contributed by atoms with van der Waals surface area (Å²) in [7, 11) is 0. The molecule has 1 aliphatic carbocycles. The van der Waals surface area contributed by atoms with E-state index in [1.807, 2.05) is 31.2 Å². The van der Waals surface area contributed by atoms with Crippen molar-refractivity contribution in [3.63, 3.8) is 0 Å². The molecule has 0 bridgehead atoms. The van der Waals surface area contributed by atoms with E-state index in [1.54, 1.807) is 25.7 Å². The number of amides is 3. The Kier molecular flexibility index (Phi) is 12.9. The number of unbranched alkanes of at least 4 members (excludes halogenated alkanes) is 5. The molecule has 1 saturated carbocycles. The predicted octanol–water partition coefficient (Wildman–Crippen LogP) is 6.20. The first-order valence-electron chi connectivity index (χ1n) is 14.2. The molecule has 1 fully saturated rings. The number of carbonyl (C=O) groups is 3. The van der Waals surface area contributed by atoms with Crippen molar-refractivity contribution in [1.82, 2.24) is 15.5 Å². The summed E-state index contributed by atoms with van der Waals surface area (Å²) < 4.78 is 5.31. The van der Waals surface area contributed by atoms with Gasteiger partial charge in [-0.05, 0) is 52.5 Å². The van der Waals surface area contributed by atoms with E-state index in [0.717, 1.165) is 56.1 Å². The highest BCUT2D eigenvalue weighted by atomic mass is 16.6. The van der Waals surface area contributed by atoms with E-state index in [1.165, 1.54) is 25.7 Å². The molecule has 2 N–H and O–H groups in total. The normalized spacial score (nSPS) is 15.1. The molecule has 0 heterocycles. The quantitative estimate of drug-likeness (QED) is 0.306. The van der Waals surface area contributed by atoms with E-state index in [4.69, 9.17) is 4.74 Å². The van der Waals surface area contributed by atoms with Gasteiger partial charge in [0.1, 0.15) is 18.2 Å². The third kappa shape index (κ3) is 11.6. The minimum Gasteiger partial charge on any atom is -0.444 e. The summed E-state index contributed by atoms with van der Waals surface area (Å²) in [5.74, 6) is -0.432. The van der Waals surface area contributed by atoms with Gasteiger partial charge >= 0.3 is 6.09 Å². The minimum atomic E-state index is -0.745. The Balaban J connectivity index is 2.24. The minimum absolute atomic E-state index is 0.138. The van der Waals surface area contributed by atoms with Gasteiger partial charge in [0, 0.05) is 12.6 Å². The molecule has 7 heteroatoms. The van der Waals surface area contributed by atoms with Crippen LogP contribution in [-0.2, 0) is 14.3 Å². The maximum Gasteiger partial charge on any atom is 0.408 e. The number of nitrogens with one attached hydrogen (secondary N) is 2. The number of nitrogens with zero attached hydrogens (tertiary/aromatic N) is 1. The topological polar surface area (TPSA) is 87.7 Å². The Morgan fingerprint density at radius 2 is 1.70 bits per heavy atom. The third-order valence-electron chi connectivity index (χ3n) is 6.73. The molecule has 0 radical (unpaired) electrons. The van der Waals surface area contributed by atoms with Crippen molar-refractivity contribution < 1.29 is 19.1 Å². The van der Waals surface area contributed by atoms with Crippen LogP contribution in [0.15, 0.2) is 24.3 Å². The van der Waals surface area contributed by atoms with Crippen molar-refractivity contribution in [1.29, 1.82) is 0 Å². The van der Waals surface area contributed by atoms with Crippen molar-refractivity contribution in [2.45, 2.75) is 123 Å². The molecule has 7 nitrogen and oxygen atoms in total. The lowest BCUT2D eigenvalue weighted by molar-refractivity contribution is -0.140. The van der Waals surface area contributed by atoms with E-state index < -0.39 is 17.7 Å². The Bertz CT molecular complexity index is 859. The number of hydrogen-bond donors (Lipinski definition) is 2. The highest BCUT2D eigenvalue weighted by molar-refractivity contribution is 5.90. The molecule has 2 rings (SSSR count). The summed E-state index contributed by atoms with van der Waals surface area (Å²) in [5, 5.41) is 5.83. The molecule has 208 valence electrons. The molecule has 0 aromatic heterocycles. The lowest BCUT2D eigenvalue weighted by Gasteiger charge is -2.34. The number of aryl methyl sites for hydroxylation is 1. The average molecular weight is 516 g/mol. The largest absolute Gasteiger partial charge is 0.444 e. The summed E-state index contributed by atoms with van der Waals surface area (Å²) in [6.07, 6.45) is 11.2. The first-order chi connectivity index (χ1) is 17.6. The Hall–Kier alpha value is -2.57. The Morgan fingerprint density at radius 1 is 1.03 bits per heavy atom. The number of alkyl carbamates (subject to hydrolysis) is 1. The standard InChI is InChI=1S/C30H49N3O4/c1-6-7-8-9-10-14-20-33(26(34)22-31-29(36)37-30(3,4)5)27(24-17-15-16-23(2)21-24)28(35)32-25-18-12-11-13-19-25/h15-17,21,25,27H,6-14,18-20,22H2,1-5H3,(H,31,36)(H,32,35). The Labute approximate surface area is 224 Å². The highest BCUT2D eigenvalue weighted by Gasteiger charge is 2.33. The van der Waals surface area contributed by atoms with Crippen LogP contribution in [0.25, 0.3) is 0 Å². The van der Waals surface area contributed by atoms with Gasteiger partial charge in [0.2, 0.25) is 11.8 Å². The predicted molar refractivity (Wildman–Crippen MR) is 148 cm³/mol. The summed E-state index contributed by atoms with van der Waals surface area (Å²) in [6.45, 7) is 9.76. The molecule has 1 aliphatic rings. The number of rotatable bonds is 13. The van der Waals surface area contributed by atoms with Gasteiger partial charge in [0.25, 0.3) is 0 Å². The van der Waals surface area contributed by atoms with E-state index in [2.05, 4.69) is 17.6 Å². The second kappa shape index (κ2) is 15.6. The average Bonchev–Trinajstić information content (AvgIpc) is 2.83. The number of carbonyl (C=O) groups excluding carboxylic acids is 3. The van der Waals surface area contributed by atoms with Gasteiger partial charge in [-0.1, -0.05) is 88.1 Å². The van der Waals surface area contributed by atoms with Crippen molar-refractivity contribution >= 4 is 17.9 Å². The van der Waals surface area contributed by atoms with Crippen LogP contribution in [0.2, 0.25) is 0 Å². The number of benzene rings is 1. The van der Waals surface area contributed by atoms with Crippen molar-refractivity contribution in [2.75, 3.05) is 13.1 Å². The van der Waals surface area contributed by atoms with E-state index >= 15 is 0 Å². The van der Waals surface area contributed by atoms with Gasteiger partial charge in [0.05, 0.1) is 0 Å². The molecule has 37 heavy (non-hydrogen) atoms. The molecule has 1 unspecified atom stereocenters. The van der Waals surface area contributed by atoms with Gasteiger partial charge in [0.15, 0.2) is 0 Å². The fourth-order valence-corrected chi connectivity index (χ4v) is 4.86. The third-order valence-corrected chi connectivity index (χ3v) is 6.73. The molecule has 0 aliphatic heterocycles. The highest BCUT2D eigenvalue weighted by Crippen LogP contribution is 2.25. The molecule has 1 aromatic rings. The van der Waals surface area contributed by atoms with Gasteiger partial charge in [-0.25, -0.2) is 4.79 Å². The summed E-state index contributed by atoms with van der Waals surface area (Å²) in [5.41, 5.74) is 1.17. The maximum absolute atomic E-state index is 13.8. The SMILES string of the molecule is CCCCCCCCN(C(=O)CNC(=O)OC(C)(C)C)C(C(=O)NC1CCCCC1)c1cccc(C)c1. The van der Waals surface area contributed by atoms with E-state index in [-0.39, 0.29) is 24.4 Å². The van der Waals surface area contributed by atoms with Crippen LogP contribution in [0.5, 0.6) is 0 Å². The zero-order chi connectivity index (χ0) is 27.3. The van der Waals surface area contributed by atoms with E-state index in [0.29, 0.717) is 6.54 Å². The van der Waals surface area contributed by atoms with Crippen LogP contribution in [0, 0.1) is 6.92 Å². The lowest BCUT2D eigenvalue weighted by Crippen LogP contribution is -2.50. The zero-order valence-electron chi connectivity index (χ0n) is 23.7. The molecule has 1 atom stereocenters. The van der Waals surface area contributed by atoms with Crippen LogP contribution in [0.1, 0.15) is 115 Å². The van der Waals surface area contributed by atoms with Crippen LogP contribution < -0.4 is 10.6 Å². The lowest BCUT2D eigenvalue weighted by atomic mass is 9.94. The van der Waals surface area contributed by atoms with Crippen molar-refractivity contribution in [2.24, 2.45) is 0 Å². The smallest absolute Gasteiger partial charge is 0.408 e. The fourth-order valence-electron chi connectivity index (χ4n) is 4.86. The monoisotopic (exact) mass is 515 g/mol. The van der Waals surface area contributed by atoms with Gasteiger partial charge in [-0.15, -0.1) is 0 Å². The van der Waals surface area contributed by atoms with Crippen LogP contribution in [0.4, 0.5) is 4.79 Å². The maximum atomic E-state index is 13.8. The fraction of sp³-hybridized carbons (Fsp3) is 0.700. The zero-order valence-corrected chi connectivity index (χ0v) is 23.7. The molecule has 3 amide bonds. The van der Waals surface area contributed by atoms with E-state index in [9.17, 15) is 14.4 Å². The van der Waals surface area contributed by atoms with Crippen LogP contribution in [0.3, 0.4) is 0 Å². The molecule has 1 aromatic carbocycles. The second-order valence-corrected chi connectivity index (χ2v) is 11.4. The first-order valence-corrected chi connectivity index (χ1v) is 14.2. The second-order valence-electron chi connectivity index (χ2n) is 11.4. The summed E-state index contributed by atoms with van der Waals surface area (Å²) in [6, 6.07) is 7.21. The Morgan fingerprint density at radius 3 is 2.35 bits per heavy atom. The first kappa shape index (κ1) is 30.7. The van der Waals surface area contributed by atoms with Gasteiger partial charge in [-0.3, -0.25) is 9.59 Å². The van der Waals surface area contributed by atoms with Crippen molar-refractivity contribution in [3.8, 4) is 0 Å². The molecule has 0 spiro atoms. The molecule has 0 saturated heterocycles. The molecular weight excluding hydrogens is 466 g/mol. The van der Waals surface area contributed by atoms with Gasteiger partial charge in [-0.2, -0.15) is 0 Å². The van der Waals surface area contributed by atoms with Gasteiger partial charge < -0.3 is 20.3 Å². The number of ether oxygens (including phenoxy) is 1. The van der Waals surface area contributed by atoms with Crippen molar-refractivity contribution in [3.05, 3.63) is 35.4 Å². The summed E-state index contributed by atoms with van der Waals surface area (Å²) >= 11 is 0.